The van der Waals surface area contributed by atoms with Gasteiger partial charge >= 0.3 is 0 Å². The lowest BCUT2D eigenvalue weighted by Crippen LogP contribution is -2.66. The molecule has 4 rings (SSSR count). The molecule has 0 spiro atoms. The molecule has 2 aromatic heterocycles. The zero-order valence-electron chi connectivity index (χ0n) is 14.0. The highest BCUT2D eigenvalue weighted by molar-refractivity contribution is 7.12. The Morgan fingerprint density at radius 2 is 2.20 bits per heavy atom. The van der Waals surface area contributed by atoms with Crippen molar-refractivity contribution < 1.29 is 9.59 Å². The number of aromatic nitrogens is 2. The summed E-state index contributed by atoms with van der Waals surface area (Å²) < 4.78 is 0. The first-order valence-electron chi connectivity index (χ1n) is 8.10. The number of aromatic amines is 1. The summed E-state index contributed by atoms with van der Waals surface area (Å²) in [6, 6.07) is 7.44. The fraction of sp³-hybridized carbons (Fsp3) is 0.278. The van der Waals surface area contributed by atoms with Crippen LogP contribution in [-0.4, -0.2) is 38.8 Å². The molecule has 6 nitrogen and oxygen atoms in total. The number of rotatable bonds is 3. The second kappa shape index (κ2) is 5.70. The van der Waals surface area contributed by atoms with Gasteiger partial charge in [0.15, 0.2) is 0 Å². The zero-order valence-corrected chi connectivity index (χ0v) is 14.8. The van der Waals surface area contributed by atoms with Crippen LogP contribution in [0.3, 0.4) is 0 Å². The van der Waals surface area contributed by atoms with Gasteiger partial charge in [-0.25, -0.2) is 4.98 Å². The summed E-state index contributed by atoms with van der Waals surface area (Å²) in [5.74, 6) is -0.236. The number of hydrogen-bond donors (Lipinski definition) is 2. The summed E-state index contributed by atoms with van der Waals surface area (Å²) in [6.07, 6.45) is 2.27. The van der Waals surface area contributed by atoms with Crippen LogP contribution in [0.2, 0.25) is 0 Å². The Hall–Kier alpha value is -2.67. The molecule has 0 saturated carbocycles. The van der Waals surface area contributed by atoms with Gasteiger partial charge in [0.2, 0.25) is 5.91 Å². The minimum Gasteiger partial charge on any atom is -0.345 e. The molecular formula is C18H18N4O2S. The van der Waals surface area contributed by atoms with Crippen molar-refractivity contribution in [2.45, 2.75) is 25.8 Å². The van der Waals surface area contributed by atoms with E-state index in [1.54, 1.807) is 11.2 Å². The van der Waals surface area contributed by atoms with E-state index in [2.05, 4.69) is 15.3 Å². The lowest BCUT2D eigenvalue weighted by Gasteiger charge is -2.48. The molecule has 3 heterocycles. The van der Waals surface area contributed by atoms with Crippen molar-refractivity contribution >= 4 is 39.9 Å². The Kier molecular flexibility index (Phi) is 3.61. The minimum atomic E-state index is -0.823. The quantitative estimate of drug-likeness (QED) is 0.758. The molecule has 2 amide bonds. The average Bonchev–Trinajstić information content (AvgIpc) is 3.20. The van der Waals surface area contributed by atoms with E-state index in [1.165, 1.54) is 11.3 Å². The standard InChI is InChI=1S/C18H18N4O2S/c1-11-5-8-25-15(11)16(23)22-7-6-18(22,2)17(24)21-12-3-4-13-14(9-12)20-10-19-13/h3-5,8-10H,6-7H2,1-2H3,(H,19,20)(H,21,24). The second-order valence-electron chi connectivity index (χ2n) is 6.50. The van der Waals surface area contributed by atoms with Crippen LogP contribution in [0, 0.1) is 6.92 Å². The van der Waals surface area contributed by atoms with E-state index in [0.717, 1.165) is 16.6 Å². The molecule has 0 aliphatic carbocycles. The number of thiophene rings is 1. The van der Waals surface area contributed by atoms with E-state index in [1.807, 2.05) is 43.5 Å². The summed E-state index contributed by atoms with van der Waals surface area (Å²) in [5.41, 5.74) is 2.52. The number of anilines is 1. The monoisotopic (exact) mass is 354 g/mol. The molecule has 3 aromatic rings. The molecule has 1 atom stereocenters. The summed E-state index contributed by atoms with van der Waals surface area (Å²) in [4.78, 5) is 35.2. The van der Waals surface area contributed by atoms with Crippen molar-refractivity contribution in [3.63, 3.8) is 0 Å². The van der Waals surface area contributed by atoms with Crippen molar-refractivity contribution in [3.05, 3.63) is 46.4 Å². The molecule has 128 valence electrons. The fourth-order valence-corrected chi connectivity index (χ4v) is 3.99. The highest BCUT2D eigenvalue weighted by Crippen LogP contribution is 2.34. The number of fused-ring (bicyclic) bond motifs is 1. The van der Waals surface area contributed by atoms with Gasteiger partial charge in [-0.05, 0) is 55.5 Å². The van der Waals surface area contributed by atoms with E-state index in [9.17, 15) is 9.59 Å². The number of benzene rings is 1. The maximum absolute atomic E-state index is 12.8. The third-order valence-electron chi connectivity index (χ3n) is 4.89. The average molecular weight is 354 g/mol. The van der Waals surface area contributed by atoms with E-state index >= 15 is 0 Å². The molecule has 1 aliphatic rings. The molecule has 1 unspecified atom stereocenters. The van der Waals surface area contributed by atoms with Crippen LogP contribution in [0.15, 0.2) is 36.0 Å². The molecule has 7 heteroatoms. The van der Waals surface area contributed by atoms with Crippen molar-refractivity contribution in [2.75, 3.05) is 11.9 Å². The lowest BCUT2D eigenvalue weighted by molar-refractivity contribution is -0.132. The van der Waals surface area contributed by atoms with Crippen LogP contribution in [-0.2, 0) is 4.79 Å². The number of nitrogens with one attached hydrogen (secondary N) is 2. The fourth-order valence-electron chi connectivity index (χ4n) is 3.11. The van der Waals surface area contributed by atoms with Crippen molar-refractivity contribution in [2.24, 2.45) is 0 Å². The molecule has 1 aromatic carbocycles. The number of carbonyl (C=O) groups excluding carboxylic acids is 2. The van der Waals surface area contributed by atoms with Gasteiger partial charge in [-0.2, -0.15) is 0 Å². The van der Waals surface area contributed by atoms with E-state index in [0.29, 0.717) is 23.5 Å². The Morgan fingerprint density at radius 3 is 2.88 bits per heavy atom. The third-order valence-corrected chi connectivity index (χ3v) is 5.89. The molecule has 0 bridgehead atoms. The van der Waals surface area contributed by atoms with E-state index in [4.69, 9.17) is 0 Å². The van der Waals surface area contributed by atoms with E-state index in [-0.39, 0.29) is 11.8 Å². The summed E-state index contributed by atoms with van der Waals surface area (Å²) in [7, 11) is 0. The van der Waals surface area contributed by atoms with Crippen LogP contribution >= 0.6 is 11.3 Å². The zero-order chi connectivity index (χ0) is 17.6. The third kappa shape index (κ3) is 2.51. The Balaban J connectivity index is 1.54. The number of amides is 2. The predicted octanol–water partition coefficient (Wildman–Crippen LogP) is 3.18. The topological polar surface area (TPSA) is 78.1 Å². The molecule has 1 aliphatic heterocycles. The van der Waals surface area contributed by atoms with Gasteiger partial charge in [-0.3, -0.25) is 9.59 Å². The highest BCUT2D eigenvalue weighted by atomic mass is 32.1. The molecular weight excluding hydrogens is 336 g/mol. The Morgan fingerprint density at radius 1 is 1.36 bits per heavy atom. The molecule has 25 heavy (non-hydrogen) atoms. The SMILES string of the molecule is Cc1ccsc1C(=O)N1CCC1(C)C(=O)Nc1ccc2nc[nH]c2c1. The normalized spacial score (nSPS) is 19.7. The molecule has 0 radical (unpaired) electrons. The first-order valence-corrected chi connectivity index (χ1v) is 8.98. The van der Waals surface area contributed by atoms with Gasteiger partial charge in [0.1, 0.15) is 5.54 Å². The van der Waals surface area contributed by atoms with Crippen molar-refractivity contribution in [1.82, 2.24) is 14.9 Å². The molecule has 2 N–H and O–H groups in total. The van der Waals surface area contributed by atoms with Gasteiger partial charge in [0, 0.05) is 12.2 Å². The summed E-state index contributed by atoms with van der Waals surface area (Å²) in [5, 5.41) is 4.84. The highest BCUT2D eigenvalue weighted by Gasteiger charge is 2.50. The second-order valence-corrected chi connectivity index (χ2v) is 7.42. The van der Waals surface area contributed by atoms with E-state index < -0.39 is 5.54 Å². The van der Waals surface area contributed by atoms with Gasteiger partial charge in [0.05, 0.1) is 22.2 Å². The smallest absolute Gasteiger partial charge is 0.265 e. The van der Waals surface area contributed by atoms with Gasteiger partial charge < -0.3 is 15.2 Å². The van der Waals surface area contributed by atoms with Crippen LogP contribution in [0.1, 0.15) is 28.6 Å². The maximum atomic E-state index is 12.8. The number of H-pyrrole nitrogens is 1. The van der Waals surface area contributed by atoms with Gasteiger partial charge in [-0.15, -0.1) is 11.3 Å². The number of carbonyl (C=O) groups is 2. The summed E-state index contributed by atoms with van der Waals surface area (Å²) in [6.45, 7) is 4.33. The van der Waals surface area contributed by atoms with Crippen LogP contribution in [0.5, 0.6) is 0 Å². The van der Waals surface area contributed by atoms with Crippen molar-refractivity contribution in [3.8, 4) is 0 Å². The number of likely N-dealkylation sites (tertiary alicyclic amines) is 1. The minimum absolute atomic E-state index is 0.0691. The predicted molar refractivity (Wildman–Crippen MR) is 97.8 cm³/mol. The van der Waals surface area contributed by atoms with Crippen LogP contribution < -0.4 is 5.32 Å². The lowest BCUT2D eigenvalue weighted by atomic mass is 9.85. The number of aryl methyl sites for hydroxylation is 1. The largest absolute Gasteiger partial charge is 0.345 e. The summed E-state index contributed by atoms with van der Waals surface area (Å²) >= 11 is 1.42. The Labute approximate surface area is 148 Å². The molecule has 1 fully saturated rings. The molecule has 1 saturated heterocycles. The van der Waals surface area contributed by atoms with Gasteiger partial charge in [0.25, 0.3) is 5.91 Å². The number of nitrogens with zero attached hydrogens (tertiary/aromatic N) is 2. The Bertz CT molecular complexity index is 976. The maximum Gasteiger partial charge on any atom is 0.265 e. The van der Waals surface area contributed by atoms with Crippen LogP contribution in [0.4, 0.5) is 5.69 Å². The first kappa shape index (κ1) is 15.8. The number of hydrogen-bond acceptors (Lipinski definition) is 4. The first-order chi connectivity index (χ1) is 12.0. The van der Waals surface area contributed by atoms with Gasteiger partial charge in [-0.1, -0.05) is 0 Å². The van der Waals surface area contributed by atoms with Crippen molar-refractivity contribution in [1.29, 1.82) is 0 Å². The number of imidazole rings is 1. The van der Waals surface area contributed by atoms with Crippen LogP contribution in [0.25, 0.3) is 11.0 Å².